The molecule has 0 bridgehead atoms. The van der Waals surface area contributed by atoms with Gasteiger partial charge in [-0.05, 0) is 41.8 Å². The first-order valence-corrected chi connectivity index (χ1v) is 7.10. The van der Waals surface area contributed by atoms with Gasteiger partial charge in [-0.3, -0.25) is 4.79 Å². The highest BCUT2D eigenvalue weighted by Crippen LogP contribution is 2.30. The lowest BCUT2D eigenvalue weighted by molar-refractivity contribution is 0.0352. The van der Waals surface area contributed by atoms with Crippen molar-refractivity contribution in [3.8, 4) is 0 Å². The first-order chi connectivity index (χ1) is 9.74. The van der Waals surface area contributed by atoms with Gasteiger partial charge in [-0.25, -0.2) is 0 Å². The van der Waals surface area contributed by atoms with Gasteiger partial charge in [-0.1, -0.05) is 35.9 Å². The summed E-state index contributed by atoms with van der Waals surface area (Å²) < 4.78 is 5.77. The first kappa shape index (κ1) is 13.3. The minimum Gasteiger partial charge on any atom is -0.373 e. The molecule has 20 heavy (non-hydrogen) atoms. The Labute approximate surface area is 123 Å². The Hall–Kier alpha value is -1.64. The highest BCUT2D eigenvalue weighted by Gasteiger charge is 2.23. The molecule has 0 spiro atoms. The van der Waals surface area contributed by atoms with Crippen LogP contribution in [0.1, 0.15) is 34.0 Å². The second-order valence-corrected chi connectivity index (χ2v) is 5.38. The molecule has 2 aromatic carbocycles. The Bertz CT molecular complexity index is 619. The summed E-state index contributed by atoms with van der Waals surface area (Å²) >= 11 is 5.84. The Morgan fingerprint density at radius 2 is 1.90 bits per heavy atom. The fourth-order valence-electron chi connectivity index (χ4n) is 2.57. The fraction of sp³-hybridized carbons (Fsp3) is 0.235. The molecule has 3 rings (SSSR count). The summed E-state index contributed by atoms with van der Waals surface area (Å²) in [5, 5.41) is 0.640. The molecule has 2 aromatic rings. The Morgan fingerprint density at radius 1 is 1.15 bits per heavy atom. The molecule has 1 heterocycles. The minimum absolute atomic E-state index is 0.0865. The van der Waals surface area contributed by atoms with E-state index in [0.717, 1.165) is 12.0 Å². The summed E-state index contributed by atoms with van der Waals surface area (Å²) in [5.41, 5.74) is 3.11. The first-order valence-electron chi connectivity index (χ1n) is 6.72. The molecular weight excluding hydrogens is 272 g/mol. The SMILES string of the molecule is O=C(C[C@H]1OCCc2ccccc21)c1ccc(Cl)cc1. The van der Waals surface area contributed by atoms with Crippen molar-refractivity contribution in [2.75, 3.05) is 6.61 Å². The van der Waals surface area contributed by atoms with Crippen LogP contribution in [0.15, 0.2) is 48.5 Å². The molecule has 0 N–H and O–H groups in total. The number of ketones is 1. The van der Waals surface area contributed by atoms with Crippen molar-refractivity contribution < 1.29 is 9.53 Å². The molecule has 2 nitrogen and oxygen atoms in total. The van der Waals surface area contributed by atoms with Crippen molar-refractivity contribution in [3.05, 3.63) is 70.2 Å². The van der Waals surface area contributed by atoms with Crippen molar-refractivity contribution in [2.45, 2.75) is 18.9 Å². The van der Waals surface area contributed by atoms with Crippen molar-refractivity contribution >= 4 is 17.4 Å². The lowest BCUT2D eigenvalue weighted by Gasteiger charge is -2.25. The van der Waals surface area contributed by atoms with Crippen LogP contribution in [0.2, 0.25) is 5.02 Å². The maximum atomic E-state index is 12.3. The summed E-state index contributed by atoms with van der Waals surface area (Å²) in [6.07, 6.45) is 1.16. The fourth-order valence-corrected chi connectivity index (χ4v) is 2.69. The number of fused-ring (bicyclic) bond motifs is 1. The highest BCUT2D eigenvalue weighted by atomic mass is 35.5. The third-order valence-corrected chi connectivity index (χ3v) is 3.88. The standard InChI is InChI=1S/C17H15ClO2/c18-14-7-5-13(6-8-14)16(19)11-17-15-4-2-1-3-12(15)9-10-20-17/h1-8,17H,9-11H2/t17-/m1/s1. The number of ether oxygens (including phenoxy) is 1. The molecule has 0 radical (unpaired) electrons. The third kappa shape index (κ3) is 2.77. The number of carbonyl (C=O) groups is 1. The Kier molecular flexibility index (Phi) is 3.86. The molecular formula is C17H15ClO2. The summed E-state index contributed by atoms with van der Waals surface area (Å²) in [6.45, 7) is 0.676. The molecule has 102 valence electrons. The van der Waals surface area contributed by atoms with Gasteiger partial charge in [0.25, 0.3) is 0 Å². The van der Waals surface area contributed by atoms with Gasteiger partial charge in [-0.2, -0.15) is 0 Å². The van der Waals surface area contributed by atoms with Gasteiger partial charge in [0.1, 0.15) is 0 Å². The quantitative estimate of drug-likeness (QED) is 0.790. The van der Waals surface area contributed by atoms with Crippen LogP contribution in [-0.2, 0) is 11.2 Å². The van der Waals surface area contributed by atoms with E-state index in [1.807, 2.05) is 18.2 Å². The van der Waals surface area contributed by atoms with E-state index in [2.05, 4.69) is 6.07 Å². The van der Waals surface area contributed by atoms with E-state index in [0.29, 0.717) is 23.6 Å². The van der Waals surface area contributed by atoms with E-state index < -0.39 is 0 Å². The number of hydrogen-bond donors (Lipinski definition) is 0. The van der Waals surface area contributed by atoms with E-state index in [4.69, 9.17) is 16.3 Å². The van der Waals surface area contributed by atoms with E-state index >= 15 is 0 Å². The second-order valence-electron chi connectivity index (χ2n) is 4.94. The lowest BCUT2D eigenvalue weighted by atomic mass is 9.93. The predicted octanol–water partition coefficient (Wildman–Crippen LogP) is 4.23. The smallest absolute Gasteiger partial charge is 0.165 e. The number of benzene rings is 2. The molecule has 0 fully saturated rings. The zero-order valence-electron chi connectivity index (χ0n) is 11.0. The number of hydrogen-bond acceptors (Lipinski definition) is 2. The van der Waals surface area contributed by atoms with Crippen molar-refractivity contribution in [1.29, 1.82) is 0 Å². The lowest BCUT2D eigenvalue weighted by Crippen LogP contribution is -2.19. The molecule has 0 amide bonds. The maximum Gasteiger partial charge on any atom is 0.165 e. The van der Waals surface area contributed by atoms with E-state index in [9.17, 15) is 4.79 Å². The van der Waals surface area contributed by atoms with Gasteiger partial charge in [0, 0.05) is 17.0 Å². The number of rotatable bonds is 3. The maximum absolute atomic E-state index is 12.3. The second kappa shape index (κ2) is 5.78. The minimum atomic E-state index is -0.136. The van der Waals surface area contributed by atoms with Crippen molar-refractivity contribution in [3.63, 3.8) is 0 Å². The zero-order chi connectivity index (χ0) is 13.9. The van der Waals surface area contributed by atoms with E-state index in [-0.39, 0.29) is 11.9 Å². The van der Waals surface area contributed by atoms with Crippen LogP contribution < -0.4 is 0 Å². The van der Waals surface area contributed by atoms with Gasteiger partial charge in [0.15, 0.2) is 5.78 Å². The molecule has 1 atom stereocenters. The average Bonchev–Trinajstić information content (AvgIpc) is 2.48. The van der Waals surface area contributed by atoms with Crippen LogP contribution in [0.5, 0.6) is 0 Å². The van der Waals surface area contributed by atoms with Gasteiger partial charge >= 0.3 is 0 Å². The van der Waals surface area contributed by atoms with Gasteiger partial charge in [0.05, 0.1) is 12.7 Å². The molecule has 0 aromatic heterocycles. The topological polar surface area (TPSA) is 26.3 Å². The molecule has 0 saturated heterocycles. The van der Waals surface area contributed by atoms with Crippen LogP contribution in [0.25, 0.3) is 0 Å². The van der Waals surface area contributed by atoms with Crippen molar-refractivity contribution in [1.82, 2.24) is 0 Å². The number of carbonyl (C=O) groups excluding carboxylic acids is 1. The van der Waals surface area contributed by atoms with Gasteiger partial charge < -0.3 is 4.74 Å². The molecule has 0 unspecified atom stereocenters. The summed E-state index contributed by atoms with van der Waals surface area (Å²) in [4.78, 5) is 12.3. The van der Waals surface area contributed by atoms with Gasteiger partial charge in [0.2, 0.25) is 0 Å². The molecule has 3 heteroatoms. The predicted molar refractivity (Wildman–Crippen MR) is 79.2 cm³/mol. The van der Waals surface area contributed by atoms with Crippen molar-refractivity contribution in [2.24, 2.45) is 0 Å². The van der Waals surface area contributed by atoms with E-state index in [1.54, 1.807) is 24.3 Å². The molecule has 0 saturated carbocycles. The van der Waals surface area contributed by atoms with Gasteiger partial charge in [-0.15, -0.1) is 0 Å². The third-order valence-electron chi connectivity index (χ3n) is 3.63. The highest BCUT2D eigenvalue weighted by molar-refractivity contribution is 6.30. The number of Topliss-reactive ketones (excluding diaryl/α,β-unsaturated/α-hetero) is 1. The van der Waals surface area contributed by atoms with Crippen LogP contribution in [-0.4, -0.2) is 12.4 Å². The molecule has 0 aliphatic carbocycles. The summed E-state index contributed by atoms with van der Waals surface area (Å²) in [7, 11) is 0. The largest absolute Gasteiger partial charge is 0.373 e. The molecule has 1 aliphatic heterocycles. The van der Waals surface area contributed by atoms with E-state index in [1.165, 1.54) is 5.56 Å². The van der Waals surface area contributed by atoms with Crippen LogP contribution in [0, 0.1) is 0 Å². The summed E-state index contributed by atoms with van der Waals surface area (Å²) in [6, 6.07) is 15.2. The normalized spacial score (nSPS) is 17.6. The number of halogens is 1. The van der Waals surface area contributed by atoms with Crippen LogP contribution >= 0.6 is 11.6 Å². The Balaban J connectivity index is 1.79. The molecule has 1 aliphatic rings. The van der Waals surface area contributed by atoms with Crippen LogP contribution in [0.3, 0.4) is 0 Å². The van der Waals surface area contributed by atoms with Crippen LogP contribution in [0.4, 0.5) is 0 Å². The zero-order valence-corrected chi connectivity index (χ0v) is 11.8. The monoisotopic (exact) mass is 286 g/mol. The summed E-state index contributed by atoms with van der Waals surface area (Å²) in [5.74, 6) is 0.0865. The average molecular weight is 287 g/mol. The Morgan fingerprint density at radius 3 is 2.70 bits per heavy atom.